The average molecular weight is 487 g/mol. The minimum atomic E-state index is -0.998. The molecule has 0 spiro atoms. The van der Waals surface area contributed by atoms with Crippen molar-refractivity contribution < 1.29 is 19.4 Å². The number of alkyl carbamates (subject to hydrolysis) is 1. The first-order valence-corrected chi connectivity index (χ1v) is 13.7. The summed E-state index contributed by atoms with van der Waals surface area (Å²) in [7, 11) is 0. The molecule has 2 aliphatic carbocycles. The van der Waals surface area contributed by atoms with Crippen molar-refractivity contribution in [1.82, 2.24) is 15.2 Å². The molecule has 8 nitrogen and oxygen atoms in total. The Bertz CT molecular complexity index is 838. The van der Waals surface area contributed by atoms with E-state index in [2.05, 4.69) is 27.7 Å². The van der Waals surface area contributed by atoms with E-state index in [0.29, 0.717) is 31.5 Å². The van der Waals surface area contributed by atoms with Gasteiger partial charge in [0.2, 0.25) is 0 Å². The van der Waals surface area contributed by atoms with Gasteiger partial charge in [-0.1, -0.05) is 25.3 Å². The number of hydrogen-bond donors (Lipinski definition) is 3. The second-order valence-corrected chi connectivity index (χ2v) is 10.5. The zero-order valence-corrected chi connectivity index (χ0v) is 21.0. The van der Waals surface area contributed by atoms with Gasteiger partial charge in [0.05, 0.1) is 6.61 Å². The van der Waals surface area contributed by atoms with Gasteiger partial charge in [-0.2, -0.15) is 0 Å². The number of amides is 1. The van der Waals surface area contributed by atoms with Crippen molar-refractivity contribution in [2.45, 2.75) is 95.6 Å². The summed E-state index contributed by atoms with van der Waals surface area (Å²) in [5, 5.41) is 15.6. The maximum Gasteiger partial charge on any atom is 0.407 e. The molecule has 0 radical (unpaired) electrons. The number of carbonyl (C=O) groups excluding carboxylic acids is 1. The fourth-order valence-corrected chi connectivity index (χ4v) is 5.33. The van der Waals surface area contributed by atoms with Crippen LogP contribution in [-0.4, -0.2) is 65.4 Å². The molecule has 1 amide bonds. The number of pyridine rings is 1. The lowest BCUT2D eigenvalue weighted by molar-refractivity contribution is -0.139. The minimum Gasteiger partial charge on any atom is -0.480 e. The molecule has 0 saturated heterocycles. The van der Waals surface area contributed by atoms with Crippen LogP contribution in [0.25, 0.3) is 0 Å². The maximum absolute atomic E-state index is 12.2. The number of nitrogens with zero attached hydrogens (tertiary/aromatic N) is 2. The maximum atomic E-state index is 12.2. The van der Waals surface area contributed by atoms with Gasteiger partial charge >= 0.3 is 12.1 Å². The molecule has 3 aliphatic rings. The fourth-order valence-electron chi connectivity index (χ4n) is 5.33. The lowest BCUT2D eigenvalue weighted by Gasteiger charge is -2.25. The van der Waals surface area contributed by atoms with E-state index >= 15 is 0 Å². The molecule has 4 rings (SSSR count). The van der Waals surface area contributed by atoms with Gasteiger partial charge in [-0.25, -0.2) is 14.6 Å². The number of aromatic nitrogens is 1. The van der Waals surface area contributed by atoms with E-state index in [1.807, 2.05) is 0 Å². The van der Waals surface area contributed by atoms with Crippen LogP contribution in [0.1, 0.15) is 81.9 Å². The number of ether oxygens (including phenoxy) is 1. The number of carboxylic acids is 1. The molecule has 3 N–H and O–H groups in total. The number of rotatable bonds is 13. The van der Waals surface area contributed by atoms with Gasteiger partial charge in [-0.3, -0.25) is 0 Å². The van der Waals surface area contributed by atoms with Gasteiger partial charge in [0.25, 0.3) is 0 Å². The Morgan fingerprint density at radius 2 is 1.94 bits per heavy atom. The Balaban J connectivity index is 1.16. The van der Waals surface area contributed by atoms with E-state index in [1.165, 1.54) is 44.1 Å². The van der Waals surface area contributed by atoms with Crippen LogP contribution in [0.4, 0.5) is 10.6 Å². The van der Waals surface area contributed by atoms with Gasteiger partial charge in [0.15, 0.2) is 0 Å². The van der Waals surface area contributed by atoms with Gasteiger partial charge in [0.1, 0.15) is 11.9 Å². The van der Waals surface area contributed by atoms with Gasteiger partial charge < -0.3 is 25.4 Å². The van der Waals surface area contributed by atoms with Crippen molar-refractivity contribution in [2.75, 3.05) is 31.6 Å². The largest absolute Gasteiger partial charge is 0.480 e. The van der Waals surface area contributed by atoms with Crippen molar-refractivity contribution >= 4 is 17.9 Å². The van der Waals surface area contributed by atoms with Crippen molar-refractivity contribution in [3.8, 4) is 0 Å². The van der Waals surface area contributed by atoms with Crippen LogP contribution < -0.4 is 10.6 Å². The molecule has 2 heterocycles. The Hall–Kier alpha value is -2.35. The number of carbonyl (C=O) groups is 2. The number of aliphatic carboxylic acids is 1. The molecule has 2 saturated carbocycles. The van der Waals surface area contributed by atoms with Crippen LogP contribution in [0.3, 0.4) is 0 Å². The van der Waals surface area contributed by atoms with Gasteiger partial charge in [0, 0.05) is 24.8 Å². The monoisotopic (exact) mass is 486 g/mol. The van der Waals surface area contributed by atoms with Crippen molar-refractivity contribution in [3.63, 3.8) is 0 Å². The summed E-state index contributed by atoms with van der Waals surface area (Å²) in [5.74, 6) is 0.469. The number of unbranched alkanes of at least 4 members (excludes halogenated alkanes) is 1. The smallest absolute Gasteiger partial charge is 0.407 e. The predicted molar refractivity (Wildman–Crippen MR) is 136 cm³/mol. The van der Waals surface area contributed by atoms with Crippen LogP contribution in [0, 0.1) is 5.92 Å². The summed E-state index contributed by atoms with van der Waals surface area (Å²) < 4.78 is 5.35. The van der Waals surface area contributed by atoms with E-state index in [1.54, 1.807) is 0 Å². The van der Waals surface area contributed by atoms with Crippen molar-refractivity contribution in [2.24, 2.45) is 5.92 Å². The Morgan fingerprint density at radius 1 is 1.11 bits per heavy atom. The van der Waals surface area contributed by atoms with Crippen LogP contribution in [0.2, 0.25) is 0 Å². The average Bonchev–Trinajstić information content (AvgIpc) is 3.72. The molecule has 1 atom stereocenters. The van der Waals surface area contributed by atoms with Crippen molar-refractivity contribution in [3.05, 3.63) is 23.4 Å². The molecule has 8 heteroatoms. The molecule has 35 heavy (non-hydrogen) atoms. The molecule has 0 unspecified atom stereocenters. The predicted octanol–water partition coefficient (Wildman–Crippen LogP) is 4.38. The number of nitrogens with one attached hydrogen (secondary N) is 2. The Kier molecular flexibility index (Phi) is 9.63. The zero-order chi connectivity index (χ0) is 24.5. The lowest BCUT2D eigenvalue weighted by Crippen LogP contribution is -2.44. The number of aryl methyl sites for hydroxylation is 2. The number of fused-ring (bicyclic) bond motifs is 1. The topological polar surface area (TPSA) is 104 Å². The first-order chi connectivity index (χ1) is 17.1. The molecule has 2 fully saturated rings. The molecule has 194 valence electrons. The normalized spacial score (nSPS) is 19.0. The van der Waals surface area contributed by atoms with Crippen molar-refractivity contribution in [1.29, 1.82) is 0 Å². The van der Waals surface area contributed by atoms with Crippen LogP contribution >= 0.6 is 0 Å². The summed E-state index contributed by atoms with van der Waals surface area (Å²) in [4.78, 5) is 31.1. The molecule has 1 aromatic heterocycles. The summed E-state index contributed by atoms with van der Waals surface area (Å²) >= 11 is 0. The number of anilines is 1. The van der Waals surface area contributed by atoms with E-state index in [0.717, 1.165) is 63.1 Å². The highest BCUT2D eigenvalue weighted by atomic mass is 16.5. The Morgan fingerprint density at radius 3 is 2.71 bits per heavy atom. The molecule has 0 aromatic carbocycles. The molecule has 0 bridgehead atoms. The molecule has 1 aromatic rings. The summed E-state index contributed by atoms with van der Waals surface area (Å²) in [5.41, 5.74) is 2.46. The molecule has 1 aliphatic heterocycles. The Labute approximate surface area is 209 Å². The third-order valence-corrected chi connectivity index (χ3v) is 7.61. The minimum absolute atomic E-state index is 0.390. The second kappa shape index (κ2) is 13.1. The number of hydrogen-bond acceptors (Lipinski definition) is 6. The van der Waals surface area contributed by atoms with E-state index in [9.17, 15) is 14.7 Å². The summed E-state index contributed by atoms with van der Waals surface area (Å²) in [6.07, 6.45) is 13.3. The highest BCUT2D eigenvalue weighted by molar-refractivity contribution is 5.79. The standard InChI is InChI=1S/C27H42N4O4/c32-26(33)24(30-27(34)35-19-20-7-2-1-3-8-20)15-18-31(23-13-14-23)17-5-4-10-22-12-11-21-9-6-16-28-25(21)29-22/h11-12,20,23-24H,1-10,13-19H2,(H,28,29)(H,30,34)(H,32,33)/t24-/m0/s1. The lowest BCUT2D eigenvalue weighted by atomic mass is 9.90. The van der Waals surface area contributed by atoms with E-state index < -0.39 is 18.1 Å². The zero-order valence-electron chi connectivity index (χ0n) is 21.0. The van der Waals surface area contributed by atoms with E-state index in [-0.39, 0.29) is 0 Å². The fraction of sp³-hybridized carbons (Fsp3) is 0.741. The highest BCUT2D eigenvalue weighted by Crippen LogP contribution is 2.28. The first kappa shape index (κ1) is 25.7. The second-order valence-electron chi connectivity index (χ2n) is 10.5. The SMILES string of the molecule is O=C(N[C@@H](CCN(CCCCc1ccc2c(n1)NCCC2)C1CC1)C(=O)O)OCC1CCCCC1. The first-order valence-electron chi connectivity index (χ1n) is 13.7. The van der Waals surface area contributed by atoms with Crippen LogP contribution in [-0.2, 0) is 22.4 Å². The van der Waals surface area contributed by atoms with Gasteiger partial charge in [-0.05, 0) is 88.3 Å². The third kappa shape index (κ3) is 8.37. The quantitative estimate of drug-likeness (QED) is 0.356. The summed E-state index contributed by atoms with van der Waals surface area (Å²) in [6.45, 7) is 3.02. The van der Waals surface area contributed by atoms with Crippen LogP contribution in [0.15, 0.2) is 12.1 Å². The van der Waals surface area contributed by atoms with Gasteiger partial charge in [-0.15, -0.1) is 0 Å². The van der Waals surface area contributed by atoms with E-state index in [4.69, 9.17) is 9.72 Å². The highest BCUT2D eigenvalue weighted by Gasteiger charge is 2.30. The molecular weight excluding hydrogens is 444 g/mol. The summed E-state index contributed by atoms with van der Waals surface area (Å²) in [6, 6.07) is 4.00. The molecular formula is C27H42N4O4. The van der Waals surface area contributed by atoms with Crippen LogP contribution in [0.5, 0.6) is 0 Å². The third-order valence-electron chi connectivity index (χ3n) is 7.61. The number of carboxylic acid groups (broad SMARTS) is 1.